The molecule has 0 saturated heterocycles. The van der Waals surface area contributed by atoms with Crippen LogP contribution in [0.15, 0.2) is 54.6 Å². The van der Waals surface area contributed by atoms with E-state index in [4.69, 9.17) is 16.3 Å². The van der Waals surface area contributed by atoms with E-state index in [2.05, 4.69) is 5.43 Å². The van der Waals surface area contributed by atoms with Gasteiger partial charge in [0.2, 0.25) is 5.91 Å². The Kier molecular flexibility index (Phi) is 6.21. The third-order valence-electron chi connectivity index (χ3n) is 4.50. The smallest absolute Gasteiger partial charge is 0.241 e. The summed E-state index contributed by atoms with van der Waals surface area (Å²) >= 11 is 5.98. The number of nitrogens with one attached hydrogen (secondary N) is 1. The summed E-state index contributed by atoms with van der Waals surface area (Å²) in [5.74, 6) is -0.610. The number of methoxy groups -OCH3 is 1. The molecule has 2 aromatic carbocycles. The van der Waals surface area contributed by atoms with E-state index in [9.17, 15) is 14.7 Å². The monoisotopic (exact) mass is 399 g/mol. The number of carbonyl (C=O) groups is 2. The summed E-state index contributed by atoms with van der Waals surface area (Å²) in [7, 11) is 1.60. The van der Waals surface area contributed by atoms with Crippen LogP contribution in [0, 0.1) is 0 Å². The van der Waals surface area contributed by atoms with Gasteiger partial charge in [-0.25, -0.2) is 5.01 Å². The van der Waals surface area contributed by atoms with Gasteiger partial charge in [-0.1, -0.05) is 23.7 Å². The second kappa shape index (κ2) is 8.80. The highest BCUT2D eigenvalue weighted by Gasteiger charge is 2.30. The van der Waals surface area contributed by atoms with E-state index in [1.807, 2.05) is 42.5 Å². The van der Waals surface area contributed by atoms with Gasteiger partial charge < -0.3 is 14.6 Å². The number of nitrogens with zero attached hydrogens (tertiary/aromatic N) is 1. The SMILES string of the molecule is COc1ccc(C2=C[C@@H](c3ccc(Cl)cc3)N(C(=O)CCCC(=O)[O-])N2)cc1. The molecular formula is C21H20ClN2O4-. The molecule has 1 heterocycles. The highest BCUT2D eigenvalue weighted by atomic mass is 35.5. The molecule has 0 saturated carbocycles. The standard InChI is InChI=1S/C21H21ClN2O4/c1-28-17-11-7-14(8-12-17)18-13-19(15-5-9-16(22)10-6-15)24(23-18)20(25)3-2-4-21(26)27/h5-13,19,23H,2-4H2,1H3,(H,26,27)/p-1/t19-/m0/s1. The fraction of sp³-hybridized carbons (Fsp3) is 0.238. The molecule has 0 unspecified atom stereocenters. The summed E-state index contributed by atoms with van der Waals surface area (Å²) < 4.78 is 5.19. The van der Waals surface area contributed by atoms with E-state index in [1.165, 1.54) is 5.01 Å². The molecule has 0 spiro atoms. The molecule has 2 aromatic rings. The summed E-state index contributed by atoms with van der Waals surface area (Å²) in [6, 6.07) is 14.4. The molecule has 28 heavy (non-hydrogen) atoms. The number of carbonyl (C=O) groups excluding carboxylic acids is 2. The lowest BCUT2D eigenvalue weighted by atomic mass is 10.0. The molecule has 7 heteroatoms. The Hall–Kier alpha value is -2.99. The molecule has 0 aromatic heterocycles. The van der Waals surface area contributed by atoms with Crippen molar-refractivity contribution in [3.8, 4) is 5.75 Å². The molecule has 1 amide bonds. The van der Waals surface area contributed by atoms with Crippen molar-refractivity contribution in [3.63, 3.8) is 0 Å². The summed E-state index contributed by atoms with van der Waals surface area (Å²) in [6.45, 7) is 0. The molecule has 0 bridgehead atoms. The summed E-state index contributed by atoms with van der Waals surface area (Å²) in [6.07, 6.45) is 2.14. The molecule has 0 radical (unpaired) electrons. The fourth-order valence-electron chi connectivity index (χ4n) is 3.03. The van der Waals surface area contributed by atoms with Crippen LogP contribution in [-0.2, 0) is 9.59 Å². The second-order valence-corrected chi connectivity index (χ2v) is 6.84. The van der Waals surface area contributed by atoms with E-state index in [0.29, 0.717) is 5.02 Å². The lowest BCUT2D eigenvalue weighted by Crippen LogP contribution is -2.39. The third-order valence-corrected chi connectivity index (χ3v) is 4.75. The van der Waals surface area contributed by atoms with Gasteiger partial charge >= 0.3 is 0 Å². The van der Waals surface area contributed by atoms with Gasteiger partial charge in [-0.3, -0.25) is 10.2 Å². The molecule has 0 aliphatic carbocycles. The Morgan fingerprint density at radius 2 is 1.79 bits per heavy atom. The third kappa shape index (κ3) is 4.64. The second-order valence-electron chi connectivity index (χ2n) is 6.41. The first-order valence-electron chi connectivity index (χ1n) is 8.88. The minimum Gasteiger partial charge on any atom is -0.550 e. The number of benzene rings is 2. The van der Waals surface area contributed by atoms with Crippen molar-refractivity contribution < 1.29 is 19.4 Å². The van der Waals surface area contributed by atoms with E-state index < -0.39 is 5.97 Å². The molecule has 146 valence electrons. The van der Waals surface area contributed by atoms with Crippen LogP contribution in [0.5, 0.6) is 5.75 Å². The maximum absolute atomic E-state index is 12.7. The van der Waals surface area contributed by atoms with Gasteiger partial charge in [0.1, 0.15) is 5.75 Å². The first-order valence-corrected chi connectivity index (χ1v) is 9.26. The van der Waals surface area contributed by atoms with Gasteiger partial charge in [-0.05, 0) is 66.4 Å². The Morgan fingerprint density at radius 1 is 1.11 bits per heavy atom. The van der Waals surface area contributed by atoms with Crippen molar-refractivity contribution in [1.82, 2.24) is 10.4 Å². The number of aliphatic carboxylic acids is 1. The molecular weight excluding hydrogens is 380 g/mol. The van der Waals surface area contributed by atoms with Crippen molar-refractivity contribution >= 4 is 29.2 Å². The van der Waals surface area contributed by atoms with Crippen molar-refractivity contribution in [2.75, 3.05) is 7.11 Å². The average molecular weight is 400 g/mol. The first kappa shape index (κ1) is 19.8. The maximum atomic E-state index is 12.7. The van der Waals surface area contributed by atoms with Gasteiger partial charge in [0.15, 0.2) is 0 Å². The Labute approximate surface area is 168 Å². The summed E-state index contributed by atoms with van der Waals surface area (Å²) in [5.41, 5.74) is 5.75. The molecule has 3 rings (SSSR count). The summed E-state index contributed by atoms with van der Waals surface area (Å²) in [4.78, 5) is 23.3. The van der Waals surface area contributed by atoms with Crippen LogP contribution in [0.4, 0.5) is 0 Å². The number of halogens is 1. The van der Waals surface area contributed by atoms with Crippen LogP contribution in [0.1, 0.15) is 36.4 Å². The largest absolute Gasteiger partial charge is 0.550 e. The zero-order chi connectivity index (χ0) is 20.1. The Bertz CT molecular complexity index is 878. The van der Waals surface area contributed by atoms with Crippen LogP contribution in [0.3, 0.4) is 0 Å². The zero-order valence-corrected chi connectivity index (χ0v) is 16.1. The topological polar surface area (TPSA) is 81.7 Å². The minimum absolute atomic E-state index is 0.106. The van der Waals surface area contributed by atoms with Gasteiger partial charge in [-0.2, -0.15) is 0 Å². The fourth-order valence-corrected chi connectivity index (χ4v) is 3.15. The number of ether oxygens (including phenoxy) is 1. The maximum Gasteiger partial charge on any atom is 0.241 e. The Morgan fingerprint density at radius 3 is 2.39 bits per heavy atom. The molecule has 1 aliphatic heterocycles. The van der Waals surface area contributed by atoms with Gasteiger partial charge in [0.25, 0.3) is 0 Å². The molecule has 6 nitrogen and oxygen atoms in total. The van der Waals surface area contributed by atoms with Crippen molar-refractivity contribution in [3.05, 3.63) is 70.8 Å². The highest BCUT2D eigenvalue weighted by molar-refractivity contribution is 6.30. The van der Waals surface area contributed by atoms with E-state index in [0.717, 1.165) is 22.6 Å². The number of carboxylic acid groups (broad SMARTS) is 1. The van der Waals surface area contributed by atoms with Gasteiger partial charge in [0.05, 0.1) is 18.8 Å². The predicted molar refractivity (Wildman–Crippen MR) is 104 cm³/mol. The number of hydrogen-bond acceptors (Lipinski definition) is 5. The highest BCUT2D eigenvalue weighted by Crippen LogP contribution is 2.33. The zero-order valence-electron chi connectivity index (χ0n) is 15.4. The predicted octanol–water partition coefficient (Wildman–Crippen LogP) is 2.70. The normalized spacial score (nSPS) is 15.7. The number of rotatable bonds is 7. The van der Waals surface area contributed by atoms with Crippen molar-refractivity contribution in [1.29, 1.82) is 0 Å². The van der Waals surface area contributed by atoms with Crippen LogP contribution in [0.2, 0.25) is 5.02 Å². The van der Waals surface area contributed by atoms with Crippen LogP contribution in [-0.4, -0.2) is 24.0 Å². The lowest BCUT2D eigenvalue weighted by Gasteiger charge is -2.25. The number of hydrogen-bond donors (Lipinski definition) is 1. The quantitative estimate of drug-likeness (QED) is 0.774. The van der Waals surface area contributed by atoms with E-state index in [-0.39, 0.29) is 31.2 Å². The van der Waals surface area contributed by atoms with Crippen LogP contribution < -0.4 is 15.3 Å². The van der Waals surface area contributed by atoms with E-state index >= 15 is 0 Å². The van der Waals surface area contributed by atoms with Crippen molar-refractivity contribution in [2.45, 2.75) is 25.3 Å². The van der Waals surface area contributed by atoms with Gasteiger partial charge in [-0.15, -0.1) is 0 Å². The molecule has 1 aliphatic rings. The van der Waals surface area contributed by atoms with Crippen LogP contribution in [0.25, 0.3) is 5.70 Å². The minimum atomic E-state index is -1.16. The average Bonchev–Trinajstić information content (AvgIpc) is 3.14. The molecule has 1 N–H and O–H groups in total. The number of carboxylic acids is 1. The summed E-state index contributed by atoms with van der Waals surface area (Å²) in [5, 5.41) is 12.8. The van der Waals surface area contributed by atoms with Gasteiger partial charge in [0, 0.05) is 17.4 Å². The van der Waals surface area contributed by atoms with Crippen LogP contribution >= 0.6 is 11.6 Å². The van der Waals surface area contributed by atoms with Crippen molar-refractivity contribution in [2.24, 2.45) is 0 Å². The number of amides is 1. The Balaban J connectivity index is 1.84. The molecule has 0 fully saturated rings. The molecule has 1 atom stereocenters. The van der Waals surface area contributed by atoms with E-state index in [1.54, 1.807) is 19.2 Å². The lowest BCUT2D eigenvalue weighted by molar-refractivity contribution is -0.305. The number of hydrazine groups is 1. The first-order chi connectivity index (χ1) is 13.5.